The number of thiol groups is 1. The summed E-state index contributed by atoms with van der Waals surface area (Å²) >= 11 is 4.09. The van der Waals surface area contributed by atoms with Gasteiger partial charge in [-0.3, -0.25) is 4.79 Å². The van der Waals surface area contributed by atoms with Crippen LogP contribution in [0, 0.1) is 11.3 Å². The number of nitrogens with one attached hydrogen (secondary N) is 1. The summed E-state index contributed by atoms with van der Waals surface area (Å²) in [5.41, 5.74) is 0.423. The lowest BCUT2D eigenvalue weighted by Gasteiger charge is -2.16. The van der Waals surface area contributed by atoms with Crippen molar-refractivity contribution in [1.82, 2.24) is 5.32 Å². The van der Waals surface area contributed by atoms with Gasteiger partial charge in [0.05, 0.1) is 5.25 Å². The van der Waals surface area contributed by atoms with Gasteiger partial charge in [-0.05, 0) is 31.6 Å². The topological polar surface area (TPSA) is 29.1 Å². The van der Waals surface area contributed by atoms with E-state index < -0.39 is 0 Å². The van der Waals surface area contributed by atoms with Gasteiger partial charge in [0.25, 0.3) is 0 Å². The van der Waals surface area contributed by atoms with Gasteiger partial charge < -0.3 is 5.32 Å². The van der Waals surface area contributed by atoms with Crippen molar-refractivity contribution in [2.75, 3.05) is 0 Å². The molecule has 3 unspecified atom stereocenters. The Hall–Kier alpha value is -0.180. The Morgan fingerprint density at radius 3 is 2.31 bits per heavy atom. The highest BCUT2D eigenvalue weighted by molar-refractivity contribution is 7.81. The molecule has 1 N–H and O–H groups in total. The Morgan fingerprint density at radius 1 is 1.54 bits per heavy atom. The molecule has 1 rings (SSSR count). The Balaban J connectivity index is 2.35. The number of amides is 1. The van der Waals surface area contributed by atoms with Crippen molar-refractivity contribution in [3.63, 3.8) is 0 Å². The van der Waals surface area contributed by atoms with Gasteiger partial charge in [0.15, 0.2) is 0 Å². The van der Waals surface area contributed by atoms with E-state index in [1.54, 1.807) is 6.92 Å². The summed E-state index contributed by atoms with van der Waals surface area (Å²) in [7, 11) is 0. The van der Waals surface area contributed by atoms with Crippen LogP contribution in [-0.4, -0.2) is 17.2 Å². The van der Waals surface area contributed by atoms with Crippen LogP contribution in [0.5, 0.6) is 0 Å². The van der Waals surface area contributed by atoms with Crippen LogP contribution in [0.2, 0.25) is 0 Å². The molecule has 0 aromatic heterocycles. The second kappa shape index (κ2) is 3.52. The highest BCUT2D eigenvalue weighted by atomic mass is 32.1. The van der Waals surface area contributed by atoms with Crippen LogP contribution in [-0.2, 0) is 4.79 Å². The van der Waals surface area contributed by atoms with Gasteiger partial charge in [-0.25, -0.2) is 0 Å². The van der Waals surface area contributed by atoms with Crippen LogP contribution in [0.3, 0.4) is 0 Å². The molecule has 1 amide bonds. The lowest BCUT2D eigenvalue weighted by Crippen LogP contribution is -2.38. The smallest absolute Gasteiger partial charge is 0.232 e. The molecular formula is C10H19NOS. The Morgan fingerprint density at radius 2 is 2.00 bits per heavy atom. The molecular weight excluding hydrogens is 182 g/mol. The minimum atomic E-state index is -0.204. The van der Waals surface area contributed by atoms with Gasteiger partial charge in [0.1, 0.15) is 0 Å². The van der Waals surface area contributed by atoms with E-state index in [1.165, 1.54) is 6.42 Å². The molecule has 2 nitrogen and oxygen atoms in total. The maximum absolute atomic E-state index is 11.3. The summed E-state index contributed by atoms with van der Waals surface area (Å²) in [6.45, 7) is 8.35. The Kier molecular flexibility index (Phi) is 2.95. The van der Waals surface area contributed by atoms with Crippen LogP contribution in [0.25, 0.3) is 0 Å². The first kappa shape index (κ1) is 10.9. The number of hydrogen-bond acceptors (Lipinski definition) is 2. The summed E-state index contributed by atoms with van der Waals surface area (Å²) in [5.74, 6) is 0.682. The predicted molar refractivity (Wildman–Crippen MR) is 57.9 cm³/mol. The quantitative estimate of drug-likeness (QED) is 0.670. The van der Waals surface area contributed by atoms with Crippen molar-refractivity contribution >= 4 is 18.5 Å². The molecule has 0 heterocycles. The molecule has 13 heavy (non-hydrogen) atoms. The zero-order valence-corrected chi connectivity index (χ0v) is 9.69. The SMILES string of the molecule is CC(S)C(=O)NC(C)C1CC1(C)C. The Labute approximate surface area is 85.9 Å². The van der Waals surface area contributed by atoms with Crippen molar-refractivity contribution in [3.8, 4) is 0 Å². The van der Waals surface area contributed by atoms with E-state index in [2.05, 4.69) is 38.7 Å². The number of carbonyl (C=O) groups excluding carboxylic acids is 1. The number of rotatable bonds is 3. The molecule has 0 bridgehead atoms. The third-order valence-electron chi connectivity index (χ3n) is 2.94. The van der Waals surface area contributed by atoms with Crippen molar-refractivity contribution in [2.45, 2.75) is 45.4 Å². The lowest BCUT2D eigenvalue weighted by atomic mass is 10.1. The molecule has 1 saturated carbocycles. The molecule has 3 heteroatoms. The highest BCUT2D eigenvalue weighted by Crippen LogP contribution is 2.53. The van der Waals surface area contributed by atoms with Crippen LogP contribution in [0.1, 0.15) is 34.1 Å². The van der Waals surface area contributed by atoms with E-state index in [9.17, 15) is 4.79 Å². The average Bonchev–Trinajstić information content (AvgIpc) is 2.59. The minimum Gasteiger partial charge on any atom is -0.352 e. The summed E-state index contributed by atoms with van der Waals surface area (Å²) in [5, 5.41) is 2.78. The minimum absolute atomic E-state index is 0.0403. The fourth-order valence-electron chi connectivity index (χ4n) is 1.81. The molecule has 0 spiro atoms. The summed E-state index contributed by atoms with van der Waals surface area (Å²) in [4.78, 5) is 11.3. The van der Waals surface area contributed by atoms with Crippen LogP contribution in [0.4, 0.5) is 0 Å². The molecule has 1 aliphatic carbocycles. The third-order valence-corrected chi connectivity index (χ3v) is 3.18. The van der Waals surface area contributed by atoms with Crippen LogP contribution in [0.15, 0.2) is 0 Å². The van der Waals surface area contributed by atoms with Crippen molar-refractivity contribution in [1.29, 1.82) is 0 Å². The van der Waals surface area contributed by atoms with Crippen molar-refractivity contribution in [3.05, 3.63) is 0 Å². The van der Waals surface area contributed by atoms with Crippen molar-refractivity contribution in [2.24, 2.45) is 11.3 Å². The highest BCUT2D eigenvalue weighted by Gasteiger charge is 2.48. The van der Waals surface area contributed by atoms with Gasteiger partial charge in [0, 0.05) is 6.04 Å². The summed E-state index contributed by atoms with van der Waals surface area (Å²) in [6.07, 6.45) is 1.22. The van der Waals surface area contributed by atoms with Gasteiger partial charge in [-0.1, -0.05) is 13.8 Å². The average molecular weight is 201 g/mol. The number of carbonyl (C=O) groups is 1. The van der Waals surface area contributed by atoms with Gasteiger partial charge in [-0.2, -0.15) is 12.6 Å². The molecule has 0 saturated heterocycles. The van der Waals surface area contributed by atoms with Gasteiger partial charge in [-0.15, -0.1) is 0 Å². The van der Waals surface area contributed by atoms with Gasteiger partial charge in [0.2, 0.25) is 5.91 Å². The molecule has 0 aliphatic heterocycles. The third kappa shape index (κ3) is 2.63. The Bertz CT molecular complexity index is 213. The normalized spacial score (nSPS) is 29.2. The van der Waals surface area contributed by atoms with E-state index >= 15 is 0 Å². The first-order chi connectivity index (χ1) is 5.84. The molecule has 0 aromatic carbocycles. The monoisotopic (exact) mass is 201 g/mol. The van der Waals surface area contributed by atoms with E-state index in [0.717, 1.165) is 0 Å². The molecule has 0 radical (unpaired) electrons. The maximum atomic E-state index is 11.3. The summed E-state index contributed by atoms with van der Waals surface area (Å²) < 4.78 is 0. The fraction of sp³-hybridized carbons (Fsp3) is 0.900. The first-order valence-corrected chi connectivity index (χ1v) is 5.34. The molecule has 76 valence electrons. The molecule has 1 fully saturated rings. The fourth-order valence-corrected chi connectivity index (χ4v) is 1.88. The molecule has 3 atom stereocenters. The van der Waals surface area contributed by atoms with E-state index in [0.29, 0.717) is 11.3 Å². The standard InChI is InChI=1S/C10H19NOS/c1-6(8-5-10(8,3)4)11-9(12)7(2)13/h6-8,13H,5H2,1-4H3,(H,11,12). The van der Waals surface area contributed by atoms with E-state index in [-0.39, 0.29) is 17.2 Å². The van der Waals surface area contributed by atoms with Crippen LogP contribution < -0.4 is 5.32 Å². The second-order valence-electron chi connectivity index (χ2n) is 4.77. The van der Waals surface area contributed by atoms with Crippen LogP contribution >= 0.6 is 12.6 Å². The predicted octanol–water partition coefficient (Wildman–Crippen LogP) is 1.86. The van der Waals surface area contributed by atoms with E-state index in [1.807, 2.05) is 0 Å². The molecule has 1 aliphatic rings. The zero-order valence-electron chi connectivity index (χ0n) is 8.79. The second-order valence-corrected chi connectivity index (χ2v) is 5.55. The lowest BCUT2D eigenvalue weighted by molar-refractivity contribution is -0.121. The van der Waals surface area contributed by atoms with Crippen molar-refractivity contribution < 1.29 is 4.79 Å². The molecule has 0 aromatic rings. The van der Waals surface area contributed by atoms with Gasteiger partial charge >= 0.3 is 0 Å². The number of hydrogen-bond donors (Lipinski definition) is 2. The zero-order chi connectivity index (χ0) is 10.2. The summed E-state index contributed by atoms with van der Waals surface area (Å²) in [6, 6.07) is 0.289. The maximum Gasteiger partial charge on any atom is 0.232 e. The van der Waals surface area contributed by atoms with E-state index in [4.69, 9.17) is 0 Å². The first-order valence-electron chi connectivity index (χ1n) is 4.83. The largest absolute Gasteiger partial charge is 0.352 e.